The number of rotatable bonds is 7. The van der Waals surface area contributed by atoms with E-state index < -0.39 is 17.7 Å². The summed E-state index contributed by atoms with van der Waals surface area (Å²) in [6.07, 6.45) is -3.24. The molecule has 0 fully saturated rings. The topological polar surface area (TPSA) is 55.0 Å². The van der Waals surface area contributed by atoms with Gasteiger partial charge in [0.2, 0.25) is 0 Å². The highest BCUT2D eigenvalue weighted by atomic mass is 19.4. The fraction of sp³-hybridized carbons (Fsp3) is 0.350. The average Bonchev–Trinajstić information content (AvgIpc) is 3.37. The minimum absolute atomic E-state index is 0.132. The van der Waals surface area contributed by atoms with E-state index in [0.29, 0.717) is 24.3 Å². The molecule has 29 heavy (non-hydrogen) atoms. The van der Waals surface area contributed by atoms with Crippen LogP contribution in [0.1, 0.15) is 25.1 Å². The third kappa shape index (κ3) is 5.68. The lowest BCUT2D eigenvalue weighted by Gasteiger charge is -2.10. The molecule has 0 radical (unpaired) electrons. The van der Waals surface area contributed by atoms with Crippen molar-refractivity contribution < 1.29 is 22.0 Å². The smallest absolute Gasteiger partial charge is 0.435 e. The van der Waals surface area contributed by atoms with Crippen LogP contribution in [0.25, 0.3) is 17.1 Å². The first-order chi connectivity index (χ1) is 13.9. The van der Waals surface area contributed by atoms with Gasteiger partial charge in [0.05, 0.1) is 12.0 Å². The van der Waals surface area contributed by atoms with Gasteiger partial charge < -0.3 is 15.1 Å². The summed E-state index contributed by atoms with van der Waals surface area (Å²) >= 11 is 0. The molecule has 0 saturated carbocycles. The molecule has 0 aliphatic carbocycles. The van der Waals surface area contributed by atoms with Crippen LogP contribution in [0.4, 0.5) is 17.6 Å². The standard InChI is InChI=1S/C18H18F4N4O.C2H6/c1-23-6-7-24-11-12-9-13(4-5-14(12)19)26-15(16-3-2-8-27-16)10-17(25-26)18(20,21)22;1-2/h2-5,8-10,23-24H,6-7,11H2,1H3;1-2H3. The monoisotopic (exact) mass is 412 g/mol. The minimum Gasteiger partial charge on any atom is -0.463 e. The number of nitrogens with one attached hydrogen (secondary N) is 2. The Bertz CT molecular complexity index is 889. The van der Waals surface area contributed by atoms with Gasteiger partial charge in [-0.3, -0.25) is 0 Å². The molecule has 1 aromatic carbocycles. The first kappa shape index (κ1) is 22.6. The molecule has 2 aromatic heterocycles. The van der Waals surface area contributed by atoms with E-state index in [1.165, 1.54) is 30.5 Å². The van der Waals surface area contributed by atoms with E-state index >= 15 is 0 Å². The van der Waals surface area contributed by atoms with Gasteiger partial charge in [-0.15, -0.1) is 0 Å². The van der Waals surface area contributed by atoms with Gasteiger partial charge in [0, 0.05) is 31.3 Å². The van der Waals surface area contributed by atoms with E-state index in [1.807, 2.05) is 13.8 Å². The predicted octanol–water partition coefficient (Wildman–Crippen LogP) is 4.63. The van der Waals surface area contributed by atoms with Crippen LogP contribution < -0.4 is 10.6 Å². The van der Waals surface area contributed by atoms with Crippen LogP contribution >= 0.6 is 0 Å². The van der Waals surface area contributed by atoms with Gasteiger partial charge in [-0.1, -0.05) is 13.8 Å². The maximum Gasteiger partial charge on any atom is 0.435 e. The van der Waals surface area contributed by atoms with Crippen molar-refractivity contribution in [1.29, 1.82) is 0 Å². The molecule has 0 atom stereocenters. The molecule has 158 valence electrons. The number of hydrogen-bond acceptors (Lipinski definition) is 4. The van der Waals surface area contributed by atoms with Crippen molar-refractivity contribution in [2.75, 3.05) is 20.1 Å². The zero-order valence-electron chi connectivity index (χ0n) is 16.5. The van der Waals surface area contributed by atoms with Crippen molar-refractivity contribution in [2.45, 2.75) is 26.6 Å². The zero-order chi connectivity index (χ0) is 21.4. The Balaban J connectivity index is 0.00000145. The zero-order valence-corrected chi connectivity index (χ0v) is 16.5. The van der Waals surface area contributed by atoms with Crippen molar-refractivity contribution in [1.82, 2.24) is 20.4 Å². The van der Waals surface area contributed by atoms with Crippen LogP contribution in [-0.4, -0.2) is 29.9 Å². The lowest BCUT2D eigenvalue weighted by Crippen LogP contribution is -2.24. The Morgan fingerprint density at radius 2 is 1.86 bits per heavy atom. The van der Waals surface area contributed by atoms with E-state index in [9.17, 15) is 17.6 Å². The summed E-state index contributed by atoms with van der Waals surface area (Å²) in [5, 5.41) is 9.69. The van der Waals surface area contributed by atoms with Gasteiger partial charge in [0.15, 0.2) is 11.5 Å². The SMILES string of the molecule is CC.CNCCNCc1cc(-n2nc(C(F)(F)F)cc2-c2ccco2)ccc1F. The first-order valence-corrected chi connectivity index (χ1v) is 9.25. The van der Waals surface area contributed by atoms with Crippen LogP contribution in [0.15, 0.2) is 47.1 Å². The summed E-state index contributed by atoms with van der Waals surface area (Å²) in [5.41, 5.74) is -0.276. The lowest BCUT2D eigenvalue weighted by atomic mass is 10.1. The second-order valence-corrected chi connectivity index (χ2v) is 5.86. The Labute approximate surface area is 166 Å². The van der Waals surface area contributed by atoms with Gasteiger partial charge in [0.25, 0.3) is 0 Å². The molecule has 0 spiro atoms. The highest BCUT2D eigenvalue weighted by molar-refractivity contribution is 5.57. The number of nitrogens with zero attached hydrogens (tertiary/aromatic N) is 2. The van der Waals surface area contributed by atoms with Gasteiger partial charge in [-0.05, 0) is 37.4 Å². The van der Waals surface area contributed by atoms with Crippen molar-refractivity contribution in [3.8, 4) is 17.1 Å². The Hall–Kier alpha value is -2.65. The second kappa shape index (κ2) is 10.2. The van der Waals surface area contributed by atoms with Crippen molar-refractivity contribution >= 4 is 0 Å². The molecular formula is C20H24F4N4O. The van der Waals surface area contributed by atoms with Crippen molar-refractivity contribution in [2.24, 2.45) is 0 Å². The molecule has 5 nitrogen and oxygen atoms in total. The van der Waals surface area contributed by atoms with Crippen LogP contribution in [-0.2, 0) is 12.7 Å². The molecule has 2 heterocycles. The van der Waals surface area contributed by atoms with E-state index in [2.05, 4.69) is 15.7 Å². The van der Waals surface area contributed by atoms with E-state index in [4.69, 9.17) is 4.42 Å². The summed E-state index contributed by atoms with van der Waals surface area (Å²) in [5.74, 6) is -0.213. The van der Waals surface area contributed by atoms with E-state index in [0.717, 1.165) is 10.7 Å². The molecule has 0 unspecified atom stereocenters. The van der Waals surface area contributed by atoms with Gasteiger partial charge in [-0.2, -0.15) is 18.3 Å². The molecule has 0 amide bonds. The minimum atomic E-state index is -4.61. The predicted molar refractivity (Wildman–Crippen MR) is 103 cm³/mol. The number of benzene rings is 1. The number of halogens is 4. The van der Waals surface area contributed by atoms with Crippen molar-refractivity contribution in [3.63, 3.8) is 0 Å². The first-order valence-electron chi connectivity index (χ1n) is 9.25. The summed E-state index contributed by atoms with van der Waals surface area (Å²) in [6.45, 7) is 5.57. The van der Waals surface area contributed by atoms with Gasteiger partial charge in [0.1, 0.15) is 11.5 Å². The summed E-state index contributed by atoms with van der Waals surface area (Å²) in [7, 11) is 1.80. The Morgan fingerprint density at radius 3 is 2.48 bits per heavy atom. The van der Waals surface area contributed by atoms with Crippen LogP contribution in [0, 0.1) is 5.82 Å². The molecule has 0 aliphatic rings. The Morgan fingerprint density at radius 1 is 1.10 bits per heavy atom. The highest BCUT2D eigenvalue weighted by Crippen LogP contribution is 2.33. The number of hydrogen-bond donors (Lipinski definition) is 2. The molecule has 9 heteroatoms. The second-order valence-electron chi connectivity index (χ2n) is 5.86. The molecule has 0 bridgehead atoms. The number of furan rings is 1. The maximum absolute atomic E-state index is 14.1. The number of likely N-dealkylation sites (N-methyl/N-ethyl adjacent to an activating group) is 1. The molecular weight excluding hydrogens is 388 g/mol. The lowest BCUT2D eigenvalue weighted by molar-refractivity contribution is -0.141. The molecule has 3 aromatic rings. The normalized spacial score (nSPS) is 11.3. The average molecular weight is 412 g/mol. The van der Waals surface area contributed by atoms with Crippen LogP contribution in [0.3, 0.4) is 0 Å². The summed E-state index contributed by atoms with van der Waals surface area (Å²) < 4.78 is 59.8. The molecule has 2 N–H and O–H groups in total. The fourth-order valence-corrected chi connectivity index (χ4v) is 2.58. The highest BCUT2D eigenvalue weighted by Gasteiger charge is 2.35. The molecule has 0 aliphatic heterocycles. The molecule has 0 saturated heterocycles. The third-order valence-electron chi connectivity index (χ3n) is 3.91. The third-order valence-corrected chi connectivity index (χ3v) is 3.91. The number of aromatic nitrogens is 2. The van der Waals surface area contributed by atoms with E-state index in [-0.39, 0.29) is 18.0 Å². The Kier molecular flexibility index (Phi) is 7.98. The van der Waals surface area contributed by atoms with E-state index in [1.54, 1.807) is 13.1 Å². The maximum atomic E-state index is 14.1. The fourth-order valence-electron chi connectivity index (χ4n) is 2.58. The van der Waals surface area contributed by atoms with Gasteiger partial charge >= 0.3 is 6.18 Å². The summed E-state index contributed by atoms with van der Waals surface area (Å²) in [6, 6.07) is 8.09. The van der Waals surface area contributed by atoms with Crippen LogP contribution in [0.5, 0.6) is 0 Å². The quantitative estimate of drug-likeness (QED) is 0.439. The largest absolute Gasteiger partial charge is 0.463 e. The van der Waals surface area contributed by atoms with Crippen LogP contribution in [0.2, 0.25) is 0 Å². The van der Waals surface area contributed by atoms with Crippen molar-refractivity contribution in [3.05, 3.63) is 59.7 Å². The van der Waals surface area contributed by atoms with Gasteiger partial charge in [-0.25, -0.2) is 9.07 Å². The summed E-state index contributed by atoms with van der Waals surface area (Å²) in [4.78, 5) is 0. The molecule has 3 rings (SSSR count). The number of alkyl halides is 3.